The van der Waals surface area contributed by atoms with Gasteiger partial charge in [0.25, 0.3) is 0 Å². The first-order valence-corrected chi connectivity index (χ1v) is 7.54. The van der Waals surface area contributed by atoms with Crippen LogP contribution in [0.4, 0.5) is 15.8 Å². The Morgan fingerprint density at radius 2 is 1.87 bits per heavy atom. The quantitative estimate of drug-likeness (QED) is 0.935. The number of rotatable bonds is 3. The van der Waals surface area contributed by atoms with E-state index in [2.05, 4.69) is 5.32 Å². The predicted molar refractivity (Wildman–Crippen MR) is 86.9 cm³/mol. The van der Waals surface area contributed by atoms with E-state index in [1.807, 2.05) is 0 Å². The van der Waals surface area contributed by atoms with Gasteiger partial charge in [-0.25, -0.2) is 4.39 Å². The maximum absolute atomic E-state index is 13.6. The van der Waals surface area contributed by atoms with Crippen molar-refractivity contribution in [3.8, 4) is 0 Å². The van der Waals surface area contributed by atoms with Gasteiger partial charge in [-0.1, -0.05) is 23.7 Å². The lowest BCUT2D eigenvalue weighted by Gasteiger charge is -2.16. The Labute approximate surface area is 137 Å². The summed E-state index contributed by atoms with van der Waals surface area (Å²) in [6, 6.07) is 12.8. The fourth-order valence-electron chi connectivity index (χ4n) is 2.55. The lowest BCUT2D eigenvalue weighted by Crippen LogP contribution is -2.28. The summed E-state index contributed by atoms with van der Waals surface area (Å²) >= 11 is 5.84. The molecule has 0 unspecified atom stereocenters. The van der Waals surface area contributed by atoms with Gasteiger partial charge in [0, 0.05) is 23.7 Å². The highest BCUT2D eigenvalue weighted by Crippen LogP contribution is 2.27. The lowest BCUT2D eigenvalue weighted by molar-refractivity contribution is -0.122. The van der Waals surface area contributed by atoms with Crippen molar-refractivity contribution in [2.24, 2.45) is 5.92 Å². The van der Waals surface area contributed by atoms with Gasteiger partial charge in [-0.2, -0.15) is 0 Å². The van der Waals surface area contributed by atoms with Crippen molar-refractivity contribution in [2.75, 3.05) is 16.8 Å². The van der Waals surface area contributed by atoms with Crippen LogP contribution in [0.3, 0.4) is 0 Å². The molecule has 118 valence electrons. The van der Waals surface area contributed by atoms with E-state index in [4.69, 9.17) is 11.6 Å². The largest absolute Gasteiger partial charge is 0.323 e. The van der Waals surface area contributed by atoms with Crippen LogP contribution in [0.5, 0.6) is 0 Å². The molecule has 0 radical (unpaired) electrons. The topological polar surface area (TPSA) is 49.4 Å². The minimum Gasteiger partial charge on any atom is -0.323 e. The molecule has 1 aliphatic heterocycles. The molecule has 0 saturated carbocycles. The van der Waals surface area contributed by atoms with Crippen molar-refractivity contribution >= 4 is 34.8 Å². The monoisotopic (exact) mass is 332 g/mol. The first-order valence-electron chi connectivity index (χ1n) is 7.16. The number of anilines is 2. The number of carbonyl (C=O) groups excluding carboxylic acids is 2. The van der Waals surface area contributed by atoms with Gasteiger partial charge in [-0.3, -0.25) is 9.59 Å². The van der Waals surface area contributed by atoms with Gasteiger partial charge in [0.2, 0.25) is 11.8 Å². The number of nitrogens with one attached hydrogen (secondary N) is 1. The van der Waals surface area contributed by atoms with Crippen LogP contribution >= 0.6 is 11.6 Å². The molecule has 1 atom stereocenters. The smallest absolute Gasteiger partial charge is 0.229 e. The van der Waals surface area contributed by atoms with Gasteiger partial charge >= 0.3 is 0 Å². The van der Waals surface area contributed by atoms with E-state index in [-0.39, 0.29) is 30.5 Å². The lowest BCUT2D eigenvalue weighted by atomic mass is 10.1. The number of para-hydroxylation sites is 1. The first-order chi connectivity index (χ1) is 11.0. The zero-order valence-electron chi connectivity index (χ0n) is 12.1. The van der Waals surface area contributed by atoms with E-state index in [9.17, 15) is 14.0 Å². The molecule has 0 bridgehead atoms. The van der Waals surface area contributed by atoms with E-state index in [0.29, 0.717) is 10.7 Å². The molecule has 1 fully saturated rings. The Hall–Kier alpha value is -2.40. The van der Waals surface area contributed by atoms with Gasteiger partial charge in [0.1, 0.15) is 5.82 Å². The van der Waals surface area contributed by atoms with E-state index in [0.717, 1.165) is 0 Å². The van der Waals surface area contributed by atoms with E-state index < -0.39 is 11.7 Å². The van der Waals surface area contributed by atoms with Gasteiger partial charge in [0.05, 0.1) is 11.6 Å². The molecular formula is C17H14ClFN2O2. The standard InChI is InChI=1S/C17H14ClFN2O2/c18-12-5-7-13(8-6-12)21-10-11(9-16(21)22)17(23)20-15-4-2-1-3-14(15)19/h1-8,11H,9-10H2,(H,20,23)/t11-/m1/s1. The molecule has 1 N–H and O–H groups in total. The fraction of sp³-hybridized carbons (Fsp3) is 0.176. The minimum absolute atomic E-state index is 0.100. The summed E-state index contributed by atoms with van der Waals surface area (Å²) < 4.78 is 13.6. The van der Waals surface area contributed by atoms with Crippen molar-refractivity contribution in [3.05, 3.63) is 59.4 Å². The molecule has 1 saturated heterocycles. The third-order valence-corrected chi connectivity index (χ3v) is 4.02. The highest BCUT2D eigenvalue weighted by Gasteiger charge is 2.35. The molecule has 2 aromatic rings. The summed E-state index contributed by atoms with van der Waals surface area (Å²) in [5.74, 6) is -1.52. The molecule has 2 aromatic carbocycles. The number of hydrogen-bond donors (Lipinski definition) is 1. The Morgan fingerprint density at radius 1 is 1.17 bits per heavy atom. The number of hydrogen-bond acceptors (Lipinski definition) is 2. The molecule has 0 aliphatic carbocycles. The summed E-state index contributed by atoms with van der Waals surface area (Å²) in [5.41, 5.74) is 0.815. The van der Waals surface area contributed by atoms with Crippen LogP contribution in [-0.4, -0.2) is 18.4 Å². The fourth-order valence-corrected chi connectivity index (χ4v) is 2.68. The Balaban J connectivity index is 1.71. The maximum atomic E-state index is 13.6. The van der Waals surface area contributed by atoms with Crippen molar-refractivity contribution in [2.45, 2.75) is 6.42 Å². The van der Waals surface area contributed by atoms with Crippen molar-refractivity contribution in [1.82, 2.24) is 0 Å². The van der Waals surface area contributed by atoms with Gasteiger partial charge in [-0.15, -0.1) is 0 Å². The third kappa shape index (κ3) is 3.35. The number of nitrogens with zero attached hydrogens (tertiary/aromatic N) is 1. The number of halogens is 2. The van der Waals surface area contributed by atoms with Crippen LogP contribution in [-0.2, 0) is 9.59 Å². The summed E-state index contributed by atoms with van der Waals surface area (Å²) in [4.78, 5) is 25.9. The van der Waals surface area contributed by atoms with Crippen molar-refractivity contribution < 1.29 is 14.0 Å². The summed E-state index contributed by atoms with van der Waals surface area (Å²) in [5, 5.41) is 3.12. The van der Waals surface area contributed by atoms with Crippen LogP contribution in [0.1, 0.15) is 6.42 Å². The molecule has 23 heavy (non-hydrogen) atoms. The Kier molecular flexibility index (Phi) is 4.30. The molecule has 0 aromatic heterocycles. The van der Waals surface area contributed by atoms with Crippen LogP contribution in [0, 0.1) is 11.7 Å². The second kappa shape index (κ2) is 6.38. The van der Waals surface area contributed by atoms with Crippen molar-refractivity contribution in [3.63, 3.8) is 0 Å². The molecule has 1 heterocycles. The van der Waals surface area contributed by atoms with Crippen LogP contribution in [0.15, 0.2) is 48.5 Å². The number of carbonyl (C=O) groups is 2. The normalized spacial score (nSPS) is 17.4. The zero-order valence-corrected chi connectivity index (χ0v) is 12.9. The Morgan fingerprint density at radius 3 is 2.57 bits per heavy atom. The number of benzene rings is 2. The second-order valence-corrected chi connectivity index (χ2v) is 5.79. The number of amides is 2. The van der Waals surface area contributed by atoms with Gasteiger partial charge < -0.3 is 10.2 Å². The molecule has 2 amide bonds. The van der Waals surface area contributed by atoms with E-state index in [1.54, 1.807) is 41.3 Å². The zero-order chi connectivity index (χ0) is 16.4. The molecule has 0 spiro atoms. The molecule has 3 rings (SSSR count). The third-order valence-electron chi connectivity index (χ3n) is 3.77. The van der Waals surface area contributed by atoms with Crippen LogP contribution in [0.25, 0.3) is 0 Å². The van der Waals surface area contributed by atoms with Gasteiger partial charge in [-0.05, 0) is 36.4 Å². The van der Waals surface area contributed by atoms with Crippen molar-refractivity contribution in [1.29, 1.82) is 0 Å². The molecule has 4 nitrogen and oxygen atoms in total. The average molecular weight is 333 g/mol. The first kappa shape index (κ1) is 15.5. The summed E-state index contributed by atoms with van der Waals surface area (Å²) in [6.45, 7) is 0.265. The second-order valence-electron chi connectivity index (χ2n) is 5.35. The van der Waals surface area contributed by atoms with Crippen LogP contribution < -0.4 is 10.2 Å². The maximum Gasteiger partial charge on any atom is 0.229 e. The molecular weight excluding hydrogens is 319 g/mol. The minimum atomic E-state index is -0.516. The molecule has 1 aliphatic rings. The molecule has 6 heteroatoms. The van der Waals surface area contributed by atoms with Gasteiger partial charge in [0.15, 0.2) is 0 Å². The average Bonchev–Trinajstić information content (AvgIpc) is 2.92. The highest BCUT2D eigenvalue weighted by molar-refractivity contribution is 6.30. The summed E-state index contributed by atoms with van der Waals surface area (Å²) in [7, 11) is 0. The highest BCUT2D eigenvalue weighted by atomic mass is 35.5. The predicted octanol–water partition coefficient (Wildman–Crippen LogP) is 3.47. The van der Waals surface area contributed by atoms with E-state index in [1.165, 1.54) is 12.1 Å². The van der Waals surface area contributed by atoms with E-state index >= 15 is 0 Å². The SMILES string of the molecule is O=C(Nc1ccccc1F)[C@@H]1CC(=O)N(c2ccc(Cl)cc2)C1. The Bertz CT molecular complexity index is 749. The summed E-state index contributed by atoms with van der Waals surface area (Å²) in [6.07, 6.45) is 0.100. The van der Waals surface area contributed by atoms with Crippen LogP contribution in [0.2, 0.25) is 5.02 Å².